The third-order valence-corrected chi connectivity index (χ3v) is 3.04. The summed E-state index contributed by atoms with van der Waals surface area (Å²) in [6.07, 6.45) is -0.120. The average Bonchev–Trinajstić information content (AvgIpc) is 2.36. The minimum absolute atomic E-state index is 0.0598. The molecular weight excluding hydrogens is 248 g/mol. The molecule has 2 unspecified atom stereocenters. The van der Waals surface area contributed by atoms with Gasteiger partial charge in [-0.3, -0.25) is 14.9 Å². The van der Waals surface area contributed by atoms with Crippen LogP contribution in [0.4, 0.5) is 5.69 Å². The number of amides is 1. The van der Waals surface area contributed by atoms with Crippen LogP contribution in [0, 0.1) is 10.1 Å². The van der Waals surface area contributed by atoms with Crippen molar-refractivity contribution in [2.75, 3.05) is 13.1 Å². The number of rotatable bonds is 2. The molecule has 0 radical (unpaired) electrons. The second-order valence-electron chi connectivity index (χ2n) is 4.74. The lowest BCUT2D eigenvalue weighted by Gasteiger charge is -2.35. The van der Waals surface area contributed by atoms with Crippen LogP contribution in [-0.2, 0) is 4.74 Å². The second-order valence-corrected chi connectivity index (χ2v) is 4.74. The van der Waals surface area contributed by atoms with E-state index in [1.807, 2.05) is 13.8 Å². The van der Waals surface area contributed by atoms with Crippen molar-refractivity contribution in [1.82, 2.24) is 4.90 Å². The summed E-state index contributed by atoms with van der Waals surface area (Å²) in [6.45, 7) is 4.68. The molecule has 1 aliphatic rings. The van der Waals surface area contributed by atoms with Crippen molar-refractivity contribution in [1.29, 1.82) is 0 Å². The molecule has 2 rings (SSSR count). The normalized spacial score (nSPS) is 23.2. The maximum Gasteiger partial charge on any atom is 0.282 e. The fourth-order valence-electron chi connectivity index (χ4n) is 2.33. The highest BCUT2D eigenvalue weighted by molar-refractivity contribution is 5.98. The quantitative estimate of drug-likeness (QED) is 0.603. The molecule has 0 spiro atoms. The Morgan fingerprint density at radius 1 is 1.32 bits per heavy atom. The molecule has 1 saturated heterocycles. The molecule has 0 saturated carbocycles. The van der Waals surface area contributed by atoms with E-state index in [0.29, 0.717) is 13.1 Å². The Labute approximate surface area is 111 Å². The van der Waals surface area contributed by atoms with Crippen molar-refractivity contribution in [2.45, 2.75) is 26.1 Å². The van der Waals surface area contributed by atoms with E-state index >= 15 is 0 Å². The van der Waals surface area contributed by atoms with E-state index in [1.165, 1.54) is 12.1 Å². The minimum Gasteiger partial charge on any atom is -0.372 e. The number of para-hydroxylation sites is 1. The van der Waals surface area contributed by atoms with Gasteiger partial charge in [-0.15, -0.1) is 0 Å². The molecule has 0 aromatic heterocycles. The minimum atomic E-state index is -0.527. The molecule has 1 aromatic carbocycles. The topological polar surface area (TPSA) is 72.7 Å². The van der Waals surface area contributed by atoms with Gasteiger partial charge in [-0.25, -0.2) is 0 Å². The molecule has 1 amide bonds. The van der Waals surface area contributed by atoms with E-state index in [1.54, 1.807) is 17.0 Å². The monoisotopic (exact) mass is 264 g/mol. The molecule has 0 aliphatic carbocycles. The zero-order chi connectivity index (χ0) is 14.0. The Kier molecular flexibility index (Phi) is 3.80. The molecule has 6 nitrogen and oxygen atoms in total. The van der Waals surface area contributed by atoms with Crippen LogP contribution in [0.3, 0.4) is 0 Å². The van der Waals surface area contributed by atoms with Gasteiger partial charge in [-0.1, -0.05) is 12.1 Å². The summed E-state index contributed by atoms with van der Waals surface area (Å²) in [7, 11) is 0. The molecule has 0 N–H and O–H groups in total. The van der Waals surface area contributed by atoms with E-state index in [9.17, 15) is 14.9 Å². The number of carbonyl (C=O) groups excluding carboxylic acids is 1. The van der Waals surface area contributed by atoms with E-state index < -0.39 is 4.92 Å². The van der Waals surface area contributed by atoms with Crippen molar-refractivity contribution >= 4 is 11.6 Å². The molecule has 102 valence electrons. The molecule has 19 heavy (non-hydrogen) atoms. The molecule has 1 aliphatic heterocycles. The van der Waals surface area contributed by atoms with Gasteiger partial charge in [0.25, 0.3) is 11.6 Å². The highest BCUT2D eigenvalue weighted by Crippen LogP contribution is 2.21. The third kappa shape index (κ3) is 2.90. The molecule has 2 atom stereocenters. The summed E-state index contributed by atoms with van der Waals surface area (Å²) in [5.41, 5.74) is -0.0203. The maximum atomic E-state index is 12.4. The molecular formula is C13H16N2O4. The van der Waals surface area contributed by atoms with Gasteiger partial charge in [-0.2, -0.15) is 0 Å². The van der Waals surface area contributed by atoms with Gasteiger partial charge < -0.3 is 9.64 Å². The first-order valence-electron chi connectivity index (χ1n) is 6.17. The number of hydrogen-bond donors (Lipinski definition) is 0. The number of nitro benzene ring substituents is 1. The van der Waals surface area contributed by atoms with Gasteiger partial charge in [-0.05, 0) is 19.9 Å². The highest BCUT2D eigenvalue weighted by Gasteiger charge is 2.29. The average molecular weight is 264 g/mol. The van der Waals surface area contributed by atoms with Crippen molar-refractivity contribution < 1.29 is 14.5 Å². The Morgan fingerprint density at radius 3 is 2.47 bits per heavy atom. The standard InChI is InChI=1S/C13H16N2O4/c1-9-7-14(8-10(2)19-9)13(16)11-5-3-4-6-12(11)15(17)18/h3-6,9-10H,7-8H2,1-2H3. The van der Waals surface area contributed by atoms with Crippen LogP contribution in [0.15, 0.2) is 24.3 Å². The first-order chi connectivity index (χ1) is 8.99. The summed E-state index contributed by atoms with van der Waals surface area (Å²) >= 11 is 0. The van der Waals surface area contributed by atoms with Crippen LogP contribution < -0.4 is 0 Å². The van der Waals surface area contributed by atoms with Crippen LogP contribution in [0.1, 0.15) is 24.2 Å². The molecule has 1 aromatic rings. The number of ether oxygens (including phenoxy) is 1. The zero-order valence-corrected chi connectivity index (χ0v) is 10.9. The maximum absolute atomic E-state index is 12.4. The van der Waals surface area contributed by atoms with Crippen molar-refractivity contribution in [3.8, 4) is 0 Å². The summed E-state index contributed by atoms with van der Waals surface area (Å²) in [5.74, 6) is -0.311. The van der Waals surface area contributed by atoms with Crippen LogP contribution in [0.5, 0.6) is 0 Å². The van der Waals surface area contributed by atoms with Crippen LogP contribution in [0.2, 0.25) is 0 Å². The summed E-state index contributed by atoms with van der Waals surface area (Å²) < 4.78 is 5.55. The van der Waals surface area contributed by atoms with Crippen LogP contribution in [-0.4, -0.2) is 41.0 Å². The fraction of sp³-hybridized carbons (Fsp3) is 0.462. The number of nitrogens with zero attached hydrogens (tertiary/aromatic N) is 2. The third-order valence-electron chi connectivity index (χ3n) is 3.04. The lowest BCUT2D eigenvalue weighted by Crippen LogP contribution is -2.48. The van der Waals surface area contributed by atoms with E-state index in [0.717, 1.165) is 0 Å². The Bertz CT molecular complexity index is 493. The fourth-order valence-corrected chi connectivity index (χ4v) is 2.33. The van der Waals surface area contributed by atoms with E-state index in [4.69, 9.17) is 4.74 Å². The SMILES string of the molecule is CC1CN(C(=O)c2ccccc2[N+](=O)[O-])CC(C)O1. The van der Waals surface area contributed by atoms with Crippen LogP contribution in [0.25, 0.3) is 0 Å². The molecule has 0 bridgehead atoms. The van der Waals surface area contributed by atoms with E-state index in [2.05, 4.69) is 0 Å². The summed E-state index contributed by atoms with van der Waals surface area (Å²) in [4.78, 5) is 24.4. The first-order valence-corrected chi connectivity index (χ1v) is 6.17. The number of hydrogen-bond acceptors (Lipinski definition) is 4. The lowest BCUT2D eigenvalue weighted by molar-refractivity contribution is -0.385. The zero-order valence-electron chi connectivity index (χ0n) is 10.9. The van der Waals surface area contributed by atoms with Gasteiger partial charge in [0, 0.05) is 19.2 Å². The number of morpholine rings is 1. The van der Waals surface area contributed by atoms with Gasteiger partial charge >= 0.3 is 0 Å². The van der Waals surface area contributed by atoms with Gasteiger partial charge in [0.2, 0.25) is 0 Å². The number of nitro groups is 1. The van der Waals surface area contributed by atoms with Crippen molar-refractivity contribution in [3.63, 3.8) is 0 Å². The predicted molar refractivity (Wildman–Crippen MR) is 69.0 cm³/mol. The summed E-state index contributed by atoms with van der Waals surface area (Å²) in [5, 5.41) is 10.9. The predicted octanol–water partition coefficient (Wildman–Crippen LogP) is 1.84. The first kappa shape index (κ1) is 13.5. The van der Waals surface area contributed by atoms with E-state index in [-0.39, 0.29) is 29.4 Å². The van der Waals surface area contributed by atoms with Gasteiger partial charge in [0.1, 0.15) is 5.56 Å². The Hall–Kier alpha value is -1.95. The molecule has 1 heterocycles. The van der Waals surface area contributed by atoms with Crippen molar-refractivity contribution in [3.05, 3.63) is 39.9 Å². The number of benzene rings is 1. The smallest absolute Gasteiger partial charge is 0.282 e. The molecule has 1 fully saturated rings. The lowest BCUT2D eigenvalue weighted by atomic mass is 10.1. The largest absolute Gasteiger partial charge is 0.372 e. The number of carbonyl (C=O) groups is 1. The Morgan fingerprint density at radius 2 is 1.89 bits per heavy atom. The summed E-state index contributed by atoms with van der Waals surface area (Å²) in [6, 6.07) is 6.03. The molecule has 6 heteroatoms. The van der Waals surface area contributed by atoms with Crippen LogP contribution >= 0.6 is 0 Å². The van der Waals surface area contributed by atoms with Gasteiger partial charge in [0.05, 0.1) is 17.1 Å². The van der Waals surface area contributed by atoms with Gasteiger partial charge in [0.15, 0.2) is 0 Å². The van der Waals surface area contributed by atoms with Crippen molar-refractivity contribution in [2.24, 2.45) is 0 Å². The Balaban J connectivity index is 2.27. The second kappa shape index (κ2) is 5.36. The highest BCUT2D eigenvalue weighted by atomic mass is 16.6.